The van der Waals surface area contributed by atoms with E-state index in [0.29, 0.717) is 28.4 Å². The Balaban J connectivity index is 1.47. The third-order valence-electron chi connectivity index (χ3n) is 4.32. The lowest BCUT2D eigenvalue weighted by atomic mass is 10.1. The number of rotatable bonds is 4. The highest BCUT2D eigenvalue weighted by atomic mass is 35.5. The molecule has 6 nitrogen and oxygen atoms in total. The Morgan fingerprint density at radius 3 is 2.64 bits per heavy atom. The fraction of sp³-hybridized carbons (Fsp3) is 0.0476. The van der Waals surface area contributed by atoms with Gasteiger partial charge in [-0.3, -0.25) is 4.79 Å². The molecule has 0 spiro atoms. The highest BCUT2D eigenvalue weighted by Crippen LogP contribution is 2.21. The molecule has 0 saturated heterocycles. The Labute approximate surface area is 166 Å². The Bertz CT molecular complexity index is 1210. The molecule has 4 rings (SSSR count). The van der Waals surface area contributed by atoms with Crippen molar-refractivity contribution in [3.05, 3.63) is 88.4 Å². The van der Waals surface area contributed by atoms with Gasteiger partial charge in [0.25, 0.3) is 5.91 Å². The number of carbonyl (C=O) groups is 1. The van der Waals surface area contributed by atoms with E-state index in [9.17, 15) is 4.79 Å². The molecule has 0 fully saturated rings. The zero-order chi connectivity index (χ0) is 19.5. The van der Waals surface area contributed by atoms with Crippen molar-refractivity contribution in [2.45, 2.75) is 6.54 Å². The van der Waals surface area contributed by atoms with Crippen LogP contribution >= 0.6 is 11.6 Å². The predicted octanol–water partition coefficient (Wildman–Crippen LogP) is 4.26. The smallest absolute Gasteiger partial charge is 0.255 e. The Hall–Kier alpha value is -3.69. The van der Waals surface area contributed by atoms with Gasteiger partial charge in [0.2, 0.25) is 0 Å². The SMILES string of the molecule is N#Cc1ccc(NC(=O)c2ccc(Cn3nnc4ccccc43)cc2)cc1Cl. The Kier molecular flexibility index (Phi) is 4.75. The number of hydrogen-bond acceptors (Lipinski definition) is 4. The van der Waals surface area contributed by atoms with E-state index >= 15 is 0 Å². The molecule has 1 aromatic heterocycles. The number of carbonyl (C=O) groups excluding carboxylic acids is 1. The van der Waals surface area contributed by atoms with Gasteiger partial charge >= 0.3 is 0 Å². The van der Waals surface area contributed by atoms with E-state index < -0.39 is 0 Å². The van der Waals surface area contributed by atoms with Crippen LogP contribution in [0.2, 0.25) is 5.02 Å². The predicted molar refractivity (Wildman–Crippen MR) is 107 cm³/mol. The average molecular weight is 388 g/mol. The maximum atomic E-state index is 12.4. The fourth-order valence-corrected chi connectivity index (χ4v) is 3.08. The average Bonchev–Trinajstić information content (AvgIpc) is 3.12. The molecule has 0 atom stereocenters. The summed E-state index contributed by atoms with van der Waals surface area (Å²) in [6.07, 6.45) is 0. The molecular weight excluding hydrogens is 374 g/mol. The van der Waals surface area contributed by atoms with Crippen LogP contribution in [0.3, 0.4) is 0 Å². The topological polar surface area (TPSA) is 83.6 Å². The van der Waals surface area contributed by atoms with E-state index in [4.69, 9.17) is 16.9 Å². The van der Waals surface area contributed by atoms with Crippen LogP contribution in [0.4, 0.5) is 5.69 Å². The quantitative estimate of drug-likeness (QED) is 0.567. The summed E-state index contributed by atoms with van der Waals surface area (Å²) in [6, 6.07) is 21.8. The standard InChI is InChI=1S/C21H14ClN5O/c22-18-11-17(10-9-16(18)12-23)24-21(28)15-7-5-14(6-8-15)13-27-20-4-2-1-3-19(20)25-26-27/h1-11H,13H2,(H,24,28). The number of nitriles is 1. The van der Waals surface area contributed by atoms with Crippen LogP contribution in [0.5, 0.6) is 0 Å². The van der Waals surface area contributed by atoms with Crippen molar-refractivity contribution in [2.75, 3.05) is 5.32 Å². The van der Waals surface area contributed by atoms with Gasteiger partial charge in [-0.15, -0.1) is 5.10 Å². The van der Waals surface area contributed by atoms with E-state index in [1.807, 2.05) is 47.1 Å². The zero-order valence-electron chi connectivity index (χ0n) is 14.6. The summed E-state index contributed by atoms with van der Waals surface area (Å²) in [5.74, 6) is -0.251. The monoisotopic (exact) mass is 387 g/mol. The number of benzene rings is 3. The summed E-state index contributed by atoms with van der Waals surface area (Å²) in [7, 11) is 0. The molecule has 0 aliphatic carbocycles. The summed E-state index contributed by atoms with van der Waals surface area (Å²) >= 11 is 6.00. The highest BCUT2D eigenvalue weighted by Gasteiger charge is 2.09. The van der Waals surface area contributed by atoms with E-state index in [1.165, 1.54) is 0 Å². The van der Waals surface area contributed by atoms with Crippen molar-refractivity contribution < 1.29 is 4.79 Å². The molecule has 0 aliphatic rings. The molecule has 4 aromatic rings. The molecule has 136 valence electrons. The molecule has 1 N–H and O–H groups in total. The number of para-hydroxylation sites is 1. The Morgan fingerprint density at radius 1 is 1.11 bits per heavy atom. The van der Waals surface area contributed by atoms with E-state index in [2.05, 4.69) is 15.6 Å². The summed E-state index contributed by atoms with van der Waals surface area (Å²) in [4.78, 5) is 12.4. The largest absolute Gasteiger partial charge is 0.322 e. The molecule has 28 heavy (non-hydrogen) atoms. The molecule has 3 aromatic carbocycles. The van der Waals surface area contributed by atoms with Crippen LogP contribution in [0, 0.1) is 11.3 Å². The van der Waals surface area contributed by atoms with Gasteiger partial charge < -0.3 is 5.32 Å². The molecule has 0 saturated carbocycles. The maximum absolute atomic E-state index is 12.4. The summed E-state index contributed by atoms with van der Waals surface area (Å²) in [6.45, 7) is 0.563. The van der Waals surface area contributed by atoms with Crippen molar-refractivity contribution >= 4 is 34.2 Å². The van der Waals surface area contributed by atoms with Crippen molar-refractivity contribution in [2.24, 2.45) is 0 Å². The van der Waals surface area contributed by atoms with Crippen LogP contribution in [-0.2, 0) is 6.54 Å². The van der Waals surface area contributed by atoms with E-state index in [-0.39, 0.29) is 5.91 Å². The Morgan fingerprint density at radius 2 is 1.89 bits per heavy atom. The molecule has 0 unspecified atom stereocenters. The minimum atomic E-state index is -0.251. The lowest BCUT2D eigenvalue weighted by Gasteiger charge is -2.08. The lowest BCUT2D eigenvalue weighted by molar-refractivity contribution is 0.102. The van der Waals surface area contributed by atoms with Gasteiger partial charge in [0, 0.05) is 11.3 Å². The van der Waals surface area contributed by atoms with Crippen LogP contribution in [0.1, 0.15) is 21.5 Å². The van der Waals surface area contributed by atoms with Crippen LogP contribution < -0.4 is 5.32 Å². The zero-order valence-corrected chi connectivity index (χ0v) is 15.4. The first-order chi connectivity index (χ1) is 13.6. The second-order valence-corrected chi connectivity index (χ2v) is 6.60. The first-order valence-corrected chi connectivity index (χ1v) is 8.90. The molecule has 1 heterocycles. The number of fused-ring (bicyclic) bond motifs is 1. The maximum Gasteiger partial charge on any atom is 0.255 e. The van der Waals surface area contributed by atoms with Gasteiger partial charge in [-0.1, -0.05) is 41.1 Å². The van der Waals surface area contributed by atoms with Crippen LogP contribution in [0.15, 0.2) is 66.7 Å². The summed E-state index contributed by atoms with van der Waals surface area (Å²) < 4.78 is 1.82. The van der Waals surface area contributed by atoms with Gasteiger partial charge in [-0.25, -0.2) is 4.68 Å². The van der Waals surface area contributed by atoms with Crippen molar-refractivity contribution in [1.29, 1.82) is 5.26 Å². The molecule has 0 aliphatic heterocycles. The van der Waals surface area contributed by atoms with Crippen LogP contribution in [0.25, 0.3) is 11.0 Å². The summed E-state index contributed by atoms with van der Waals surface area (Å²) in [5.41, 5.74) is 4.24. The van der Waals surface area contributed by atoms with E-state index in [1.54, 1.807) is 30.3 Å². The van der Waals surface area contributed by atoms with Gasteiger partial charge in [0.15, 0.2) is 0 Å². The van der Waals surface area contributed by atoms with Crippen molar-refractivity contribution in [1.82, 2.24) is 15.0 Å². The number of aromatic nitrogens is 3. The normalized spacial score (nSPS) is 10.6. The fourth-order valence-electron chi connectivity index (χ4n) is 2.86. The number of nitrogens with one attached hydrogen (secondary N) is 1. The molecule has 1 amide bonds. The van der Waals surface area contributed by atoms with Gasteiger partial charge in [0.05, 0.1) is 22.6 Å². The van der Waals surface area contributed by atoms with Crippen LogP contribution in [-0.4, -0.2) is 20.9 Å². The third-order valence-corrected chi connectivity index (χ3v) is 4.63. The summed E-state index contributed by atoms with van der Waals surface area (Å²) in [5, 5.41) is 20.3. The third kappa shape index (κ3) is 3.56. The first kappa shape index (κ1) is 17.7. The number of nitrogens with zero attached hydrogens (tertiary/aromatic N) is 4. The van der Waals surface area contributed by atoms with Crippen molar-refractivity contribution in [3.63, 3.8) is 0 Å². The molecule has 0 radical (unpaired) electrons. The highest BCUT2D eigenvalue weighted by molar-refractivity contribution is 6.32. The molecule has 7 heteroatoms. The second kappa shape index (κ2) is 7.51. The number of hydrogen-bond donors (Lipinski definition) is 1. The number of amides is 1. The van der Waals surface area contributed by atoms with Gasteiger partial charge in [0.1, 0.15) is 11.6 Å². The number of anilines is 1. The van der Waals surface area contributed by atoms with Crippen molar-refractivity contribution in [3.8, 4) is 6.07 Å². The van der Waals surface area contributed by atoms with Gasteiger partial charge in [-0.2, -0.15) is 5.26 Å². The number of halogens is 1. The minimum absolute atomic E-state index is 0.251. The minimum Gasteiger partial charge on any atom is -0.322 e. The molecular formula is C21H14ClN5O. The first-order valence-electron chi connectivity index (χ1n) is 8.52. The van der Waals surface area contributed by atoms with E-state index in [0.717, 1.165) is 16.6 Å². The molecule has 0 bridgehead atoms. The lowest BCUT2D eigenvalue weighted by Crippen LogP contribution is -2.12. The van der Waals surface area contributed by atoms with Gasteiger partial charge in [-0.05, 0) is 48.0 Å². The second-order valence-electron chi connectivity index (χ2n) is 6.19.